The molecule has 2 aromatic rings. The standard InChI is InChI=1S/C30H41NO2/c1-7-11-23-17-28(32-5)29(33-6)18-26(23)30(3,4)19-24-16-27-25-13-10-9-12-22(25)14-15-31(27)20-21(24)8-2/h9-10,12-13,17-18,27H,7-8,11,14-16,19-20H2,1-6H3. The summed E-state index contributed by atoms with van der Waals surface area (Å²) in [6, 6.07) is 14.1. The van der Waals surface area contributed by atoms with Crippen LogP contribution in [0.4, 0.5) is 0 Å². The van der Waals surface area contributed by atoms with Crippen LogP contribution in [0.3, 0.4) is 0 Å². The predicted octanol–water partition coefficient (Wildman–Crippen LogP) is 7.03. The van der Waals surface area contributed by atoms with Crippen LogP contribution in [0.5, 0.6) is 11.5 Å². The quantitative estimate of drug-likeness (QED) is 0.405. The molecule has 1 atom stereocenters. The van der Waals surface area contributed by atoms with E-state index in [1.165, 1.54) is 24.1 Å². The Morgan fingerprint density at radius 2 is 1.73 bits per heavy atom. The van der Waals surface area contributed by atoms with Crippen molar-refractivity contribution >= 4 is 0 Å². The van der Waals surface area contributed by atoms with Crippen LogP contribution < -0.4 is 9.47 Å². The maximum Gasteiger partial charge on any atom is 0.161 e. The van der Waals surface area contributed by atoms with Gasteiger partial charge in [-0.15, -0.1) is 0 Å². The van der Waals surface area contributed by atoms with Gasteiger partial charge < -0.3 is 9.47 Å². The molecule has 4 rings (SSSR count). The van der Waals surface area contributed by atoms with Crippen molar-refractivity contribution in [3.63, 3.8) is 0 Å². The molecule has 0 saturated carbocycles. The third kappa shape index (κ3) is 4.71. The van der Waals surface area contributed by atoms with Crippen LogP contribution in [0.2, 0.25) is 0 Å². The van der Waals surface area contributed by atoms with E-state index >= 15 is 0 Å². The van der Waals surface area contributed by atoms with Crippen molar-refractivity contribution in [2.24, 2.45) is 0 Å². The fourth-order valence-corrected chi connectivity index (χ4v) is 6.08. The minimum absolute atomic E-state index is 0.0240. The number of ether oxygens (including phenoxy) is 2. The van der Waals surface area contributed by atoms with E-state index in [1.54, 1.807) is 36.5 Å². The minimum atomic E-state index is 0.0240. The number of methoxy groups -OCH3 is 2. The van der Waals surface area contributed by atoms with Gasteiger partial charge in [0.2, 0.25) is 0 Å². The monoisotopic (exact) mass is 447 g/mol. The van der Waals surface area contributed by atoms with Crippen LogP contribution in [0.25, 0.3) is 0 Å². The summed E-state index contributed by atoms with van der Waals surface area (Å²) in [6.07, 6.45) is 6.74. The number of fused-ring (bicyclic) bond motifs is 3. The lowest BCUT2D eigenvalue weighted by molar-refractivity contribution is 0.181. The first kappa shape index (κ1) is 23.9. The fraction of sp³-hybridized carbons (Fsp3) is 0.533. The van der Waals surface area contributed by atoms with Gasteiger partial charge in [-0.2, -0.15) is 0 Å². The largest absolute Gasteiger partial charge is 0.493 e. The van der Waals surface area contributed by atoms with E-state index in [0.717, 1.165) is 50.1 Å². The van der Waals surface area contributed by atoms with E-state index < -0.39 is 0 Å². The Bertz CT molecular complexity index is 1020. The van der Waals surface area contributed by atoms with Gasteiger partial charge in [-0.1, -0.05) is 69.5 Å². The molecule has 0 amide bonds. The molecule has 0 spiro atoms. The molecule has 0 bridgehead atoms. The van der Waals surface area contributed by atoms with E-state index in [9.17, 15) is 0 Å². The van der Waals surface area contributed by atoms with Gasteiger partial charge in [-0.05, 0) is 71.9 Å². The number of rotatable bonds is 8. The zero-order valence-electron chi connectivity index (χ0n) is 21.5. The van der Waals surface area contributed by atoms with Crippen LogP contribution in [0.15, 0.2) is 47.5 Å². The first-order valence-electron chi connectivity index (χ1n) is 12.7. The van der Waals surface area contributed by atoms with E-state index in [1.807, 2.05) is 0 Å². The maximum absolute atomic E-state index is 5.70. The predicted molar refractivity (Wildman–Crippen MR) is 138 cm³/mol. The summed E-state index contributed by atoms with van der Waals surface area (Å²) in [6.45, 7) is 11.7. The third-order valence-electron chi connectivity index (χ3n) is 7.80. The van der Waals surface area contributed by atoms with Gasteiger partial charge in [0.25, 0.3) is 0 Å². The molecule has 3 heteroatoms. The van der Waals surface area contributed by atoms with Gasteiger partial charge in [0.1, 0.15) is 0 Å². The van der Waals surface area contributed by atoms with Crippen molar-refractivity contribution in [2.75, 3.05) is 27.3 Å². The Kier molecular flexibility index (Phi) is 7.19. The molecular formula is C30H41NO2. The molecular weight excluding hydrogens is 406 g/mol. The fourth-order valence-electron chi connectivity index (χ4n) is 6.08. The Labute approximate surface area is 200 Å². The van der Waals surface area contributed by atoms with Crippen LogP contribution >= 0.6 is 0 Å². The molecule has 0 N–H and O–H groups in total. The van der Waals surface area contributed by atoms with Crippen LogP contribution in [0, 0.1) is 0 Å². The van der Waals surface area contributed by atoms with Gasteiger partial charge in [0, 0.05) is 19.1 Å². The Morgan fingerprint density at radius 3 is 2.42 bits per heavy atom. The van der Waals surface area contributed by atoms with Gasteiger partial charge in [0.05, 0.1) is 14.2 Å². The first-order valence-corrected chi connectivity index (χ1v) is 12.7. The number of benzene rings is 2. The minimum Gasteiger partial charge on any atom is -0.493 e. The number of hydrogen-bond donors (Lipinski definition) is 0. The summed E-state index contributed by atoms with van der Waals surface area (Å²) in [4.78, 5) is 2.72. The Hall–Kier alpha value is -2.26. The molecule has 0 fully saturated rings. The molecule has 2 heterocycles. The number of nitrogens with zero attached hydrogens (tertiary/aromatic N) is 1. The normalized spacial score (nSPS) is 18.7. The number of aryl methyl sites for hydroxylation is 1. The number of hydrogen-bond acceptors (Lipinski definition) is 3. The molecule has 2 aliphatic rings. The molecule has 3 nitrogen and oxygen atoms in total. The Balaban J connectivity index is 1.69. The molecule has 2 aliphatic heterocycles. The van der Waals surface area contributed by atoms with E-state index in [4.69, 9.17) is 9.47 Å². The van der Waals surface area contributed by atoms with Crippen molar-refractivity contribution in [1.82, 2.24) is 4.90 Å². The lowest BCUT2D eigenvalue weighted by Crippen LogP contribution is -2.40. The summed E-state index contributed by atoms with van der Waals surface area (Å²) in [5, 5.41) is 0. The highest BCUT2D eigenvalue weighted by Crippen LogP contribution is 2.45. The molecule has 0 aromatic heterocycles. The van der Waals surface area contributed by atoms with Crippen molar-refractivity contribution in [3.8, 4) is 11.5 Å². The highest BCUT2D eigenvalue weighted by Gasteiger charge is 2.35. The average molecular weight is 448 g/mol. The zero-order chi connectivity index (χ0) is 23.6. The van der Waals surface area contributed by atoms with Crippen molar-refractivity contribution in [3.05, 3.63) is 69.8 Å². The van der Waals surface area contributed by atoms with E-state index in [-0.39, 0.29) is 5.41 Å². The van der Waals surface area contributed by atoms with Gasteiger partial charge in [0.15, 0.2) is 11.5 Å². The van der Waals surface area contributed by atoms with Crippen molar-refractivity contribution in [1.29, 1.82) is 0 Å². The molecule has 0 aliphatic carbocycles. The molecule has 2 aromatic carbocycles. The smallest absolute Gasteiger partial charge is 0.161 e. The Morgan fingerprint density at radius 1 is 1.00 bits per heavy atom. The van der Waals surface area contributed by atoms with Gasteiger partial charge in [-0.3, -0.25) is 4.90 Å². The maximum atomic E-state index is 5.70. The second kappa shape index (κ2) is 9.93. The molecule has 0 saturated heterocycles. The molecule has 0 radical (unpaired) electrons. The highest BCUT2D eigenvalue weighted by molar-refractivity contribution is 5.50. The zero-order valence-corrected chi connectivity index (χ0v) is 21.5. The molecule has 178 valence electrons. The van der Waals surface area contributed by atoms with E-state index in [0.29, 0.717) is 6.04 Å². The summed E-state index contributed by atoms with van der Waals surface area (Å²) in [5.41, 5.74) is 9.22. The second-order valence-corrected chi connectivity index (χ2v) is 10.4. The summed E-state index contributed by atoms with van der Waals surface area (Å²) < 4.78 is 11.3. The molecule has 1 unspecified atom stereocenters. The van der Waals surface area contributed by atoms with Crippen LogP contribution in [0.1, 0.15) is 81.7 Å². The summed E-state index contributed by atoms with van der Waals surface area (Å²) in [7, 11) is 3.47. The topological polar surface area (TPSA) is 21.7 Å². The second-order valence-electron chi connectivity index (χ2n) is 10.4. The SMILES string of the molecule is CCCc1cc(OC)c(OC)cc1C(C)(C)CC1=C(CC)CN2CCc3ccccc3C2C1. The lowest BCUT2D eigenvalue weighted by Gasteiger charge is -2.44. The first-order chi connectivity index (χ1) is 15.9. The highest BCUT2D eigenvalue weighted by atomic mass is 16.5. The third-order valence-corrected chi connectivity index (χ3v) is 7.80. The summed E-state index contributed by atoms with van der Waals surface area (Å²) >= 11 is 0. The van der Waals surface area contributed by atoms with E-state index in [2.05, 4.69) is 69.0 Å². The lowest BCUT2D eigenvalue weighted by atomic mass is 9.72. The molecule has 33 heavy (non-hydrogen) atoms. The van der Waals surface area contributed by atoms with Gasteiger partial charge in [-0.25, -0.2) is 0 Å². The van der Waals surface area contributed by atoms with Crippen LogP contribution in [-0.2, 0) is 18.3 Å². The van der Waals surface area contributed by atoms with Crippen molar-refractivity contribution in [2.45, 2.75) is 77.7 Å². The summed E-state index contributed by atoms with van der Waals surface area (Å²) in [5.74, 6) is 1.67. The average Bonchev–Trinajstić information content (AvgIpc) is 2.83. The van der Waals surface area contributed by atoms with Gasteiger partial charge >= 0.3 is 0 Å². The van der Waals surface area contributed by atoms with Crippen molar-refractivity contribution < 1.29 is 9.47 Å². The van der Waals surface area contributed by atoms with Crippen LogP contribution in [-0.4, -0.2) is 32.2 Å².